The Morgan fingerprint density at radius 1 is 1.26 bits per heavy atom. The van der Waals surface area contributed by atoms with Crippen LogP contribution in [0.5, 0.6) is 0 Å². The van der Waals surface area contributed by atoms with Crippen molar-refractivity contribution < 1.29 is 4.39 Å². The lowest BCUT2D eigenvalue weighted by atomic mass is 10.3. The fourth-order valence-corrected chi connectivity index (χ4v) is 1.57. The summed E-state index contributed by atoms with van der Waals surface area (Å²) >= 11 is 0. The maximum Gasteiger partial charge on any atom is 0.136 e. The Morgan fingerprint density at radius 3 is 2.79 bits per heavy atom. The van der Waals surface area contributed by atoms with E-state index in [1.54, 1.807) is 25.1 Å². The standard InChI is InChI=1S/C13H12FN5/c1-9-17-12(16-6-5-15)8-13(18-9)19-11-4-2-3-10(14)7-11/h2-4,7-8H,6H2,1H3,(H2,16,17,18,19). The molecule has 1 aromatic heterocycles. The number of aromatic nitrogens is 2. The molecule has 0 aliphatic heterocycles. The Labute approximate surface area is 110 Å². The minimum Gasteiger partial charge on any atom is -0.357 e. The van der Waals surface area contributed by atoms with Gasteiger partial charge in [-0.1, -0.05) is 6.07 Å². The second-order valence-electron chi connectivity index (χ2n) is 3.83. The summed E-state index contributed by atoms with van der Waals surface area (Å²) in [6, 6.07) is 9.73. The average molecular weight is 257 g/mol. The molecule has 19 heavy (non-hydrogen) atoms. The van der Waals surface area contributed by atoms with Gasteiger partial charge in [0.15, 0.2) is 0 Å². The van der Waals surface area contributed by atoms with Crippen LogP contribution in [0.25, 0.3) is 0 Å². The first-order valence-corrected chi connectivity index (χ1v) is 5.66. The summed E-state index contributed by atoms with van der Waals surface area (Å²) in [5.74, 6) is 1.33. The van der Waals surface area contributed by atoms with Crippen LogP contribution in [0.3, 0.4) is 0 Å². The van der Waals surface area contributed by atoms with E-state index < -0.39 is 0 Å². The molecule has 0 bridgehead atoms. The van der Waals surface area contributed by atoms with Crippen molar-refractivity contribution in [2.24, 2.45) is 0 Å². The largest absolute Gasteiger partial charge is 0.357 e. The van der Waals surface area contributed by atoms with Gasteiger partial charge in [0.1, 0.15) is 29.8 Å². The molecule has 0 aliphatic carbocycles. The molecular weight excluding hydrogens is 245 g/mol. The zero-order valence-electron chi connectivity index (χ0n) is 10.3. The molecule has 0 unspecified atom stereocenters. The molecule has 5 nitrogen and oxygen atoms in total. The molecule has 0 atom stereocenters. The zero-order valence-corrected chi connectivity index (χ0v) is 10.3. The number of benzene rings is 1. The zero-order chi connectivity index (χ0) is 13.7. The van der Waals surface area contributed by atoms with E-state index >= 15 is 0 Å². The van der Waals surface area contributed by atoms with Gasteiger partial charge in [0, 0.05) is 11.8 Å². The van der Waals surface area contributed by atoms with E-state index in [-0.39, 0.29) is 12.4 Å². The van der Waals surface area contributed by atoms with Crippen molar-refractivity contribution in [2.45, 2.75) is 6.92 Å². The molecule has 1 heterocycles. The first kappa shape index (κ1) is 12.8. The van der Waals surface area contributed by atoms with Gasteiger partial charge >= 0.3 is 0 Å². The van der Waals surface area contributed by atoms with Crippen LogP contribution in [-0.4, -0.2) is 16.5 Å². The van der Waals surface area contributed by atoms with Crippen LogP contribution in [0.15, 0.2) is 30.3 Å². The number of hydrogen-bond acceptors (Lipinski definition) is 5. The van der Waals surface area contributed by atoms with Crippen molar-refractivity contribution in [3.63, 3.8) is 0 Å². The number of nitrogens with zero attached hydrogens (tertiary/aromatic N) is 3. The second-order valence-corrected chi connectivity index (χ2v) is 3.83. The van der Waals surface area contributed by atoms with E-state index in [0.717, 1.165) is 0 Å². The van der Waals surface area contributed by atoms with Gasteiger partial charge < -0.3 is 10.6 Å². The highest BCUT2D eigenvalue weighted by molar-refractivity contribution is 5.59. The average Bonchev–Trinajstić information content (AvgIpc) is 2.35. The highest BCUT2D eigenvalue weighted by atomic mass is 19.1. The first-order valence-electron chi connectivity index (χ1n) is 5.66. The molecular formula is C13H12FN5. The maximum atomic E-state index is 13.1. The first-order chi connectivity index (χ1) is 9.17. The predicted octanol–water partition coefficient (Wildman–Crippen LogP) is 2.60. The van der Waals surface area contributed by atoms with Crippen LogP contribution >= 0.6 is 0 Å². The molecule has 0 saturated heterocycles. The summed E-state index contributed by atoms with van der Waals surface area (Å²) in [5.41, 5.74) is 0.601. The third kappa shape index (κ3) is 3.64. The van der Waals surface area contributed by atoms with Crippen LogP contribution in [0.4, 0.5) is 21.7 Å². The number of halogens is 1. The van der Waals surface area contributed by atoms with E-state index in [0.29, 0.717) is 23.1 Å². The molecule has 0 fully saturated rings. The normalized spacial score (nSPS) is 9.74. The minimum atomic E-state index is -0.321. The molecule has 1 aromatic carbocycles. The van der Waals surface area contributed by atoms with E-state index in [2.05, 4.69) is 20.6 Å². The van der Waals surface area contributed by atoms with Crippen LogP contribution in [-0.2, 0) is 0 Å². The molecule has 6 heteroatoms. The Kier molecular flexibility index (Phi) is 3.88. The monoisotopic (exact) mass is 257 g/mol. The number of rotatable bonds is 4. The third-order valence-corrected chi connectivity index (χ3v) is 2.28. The molecule has 2 aromatic rings. The van der Waals surface area contributed by atoms with E-state index in [9.17, 15) is 4.39 Å². The maximum absolute atomic E-state index is 13.1. The van der Waals surface area contributed by atoms with Crippen LogP contribution in [0.2, 0.25) is 0 Å². The van der Waals surface area contributed by atoms with Crippen molar-refractivity contribution in [3.05, 3.63) is 42.0 Å². The van der Waals surface area contributed by atoms with E-state index in [4.69, 9.17) is 5.26 Å². The number of anilines is 3. The number of aryl methyl sites for hydroxylation is 1. The minimum absolute atomic E-state index is 0.163. The van der Waals surface area contributed by atoms with Gasteiger partial charge in [-0.25, -0.2) is 14.4 Å². The quantitative estimate of drug-likeness (QED) is 0.823. The van der Waals surface area contributed by atoms with Gasteiger partial charge in [-0.3, -0.25) is 0 Å². The molecule has 2 N–H and O–H groups in total. The van der Waals surface area contributed by atoms with Crippen LogP contribution < -0.4 is 10.6 Å². The molecule has 0 spiro atoms. The SMILES string of the molecule is Cc1nc(NCC#N)cc(Nc2cccc(F)c2)n1. The van der Waals surface area contributed by atoms with Gasteiger partial charge in [0.25, 0.3) is 0 Å². The van der Waals surface area contributed by atoms with Crippen molar-refractivity contribution in [3.8, 4) is 6.07 Å². The topological polar surface area (TPSA) is 73.6 Å². The van der Waals surface area contributed by atoms with Gasteiger partial charge in [-0.15, -0.1) is 0 Å². The summed E-state index contributed by atoms with van der Waals surface area (Å²) in [6.07, 6.45) is 0. The summed E-state index contributed by atoms with van der Waals surface area (Å²) in [4.78, 5) is 8.34. The summed E-state index contributed by atoms with van der Waals surface area (Å²) in [7, 11) is 0. The molecule has 0 aliphatic rings. The van der Waals surface area contributed by atoms with Crippen molar-refractivity contribution in [2.75, 3.05) is 17.2 Å². The van der Waals surface area contributed by atoms with E-state index in [1.165, 1.54) is 12.1 Å². The Hall–Kier alpha value is -2.68. The number of nitrogens with one attached hydrogen (secondary N) is 2. The third-order valence-electron chi connectivity index (χ3n) is 2.28. The lowest BCUT2D eigenvalue weighted by Gasteiger charge is -2.08. The van der Waals surface area contributed by atoms with Crippen LogP contribution in [0, 0.1) is 24.1 Å². The van der Waals surface area contributed by atoms with E-state index in [1.807, 2.05) is 6.07 Å². The van der Waals surface area contributed by atoms with Crippen molar-refractivity contribution in [1.82, 2.24) is 9.97 Å². The highest BCUT2D eigenvalue weighted by Crippen LogP contribution is 2.17. The fraction of sp³-hybridized carbons (Fsp3) is 0.154. The molecule has 0 radical (unpaired) electrons. The molecule has 0 saturated carbocycles. The number of nitriles is 1. The molecule has 0 amide bonds. The van der Waals surface area contributed by atoms with Gasteiger partial charge in [-0.05, 0) is 25.1 Å². The molecule has 2 rings (SSSR count). The van der Waals surface area contributed by atoms with Gasteiger partial charge in [0.05, 0.1) is 6.07 Å². The van der Waals surface area contributed by atoms with Gasteiger partial charge in [-0.2, -0.15) is 5.26 Å². The summed E-state index contributed by atoms with van der Waals surface area (Å²) < 4.78 is 13.1. The number of hydrogen-bond donors (Lipinski definition) is 2. The summed E-state index contributed by atoms with van der Waals surface area (Å²) in [5, 5.41) is 14.4. The highest BCUT2D eigenvalue weighted by Gasteiger charge is 2.02. The van der Waals surface area contributed by atoms with Crippen molar-refractivity contribution in [1.29, 1.82) is 5.26 Å². The lowest BCUT2D eigenvalue weighted by molar-refractivity contribution is 0.628. The second kappa shape index (κ2) is 5.78. The Bertz CT molecular complexity index is 621. The molecule has 96 valence electrons. The van der Waals surface area contributed by atoms with Crippen molar-refractivity contribution >= 4 is 17.3 Å². The lowest BCUT2D eigenvalue weighted by Crippen LogP contribution is -2.05. The fourth-order valence-electron chi connectivity index (χ4n) is 1.57. The smallest absolute Gasteiger partial charge is 0.136 e. The van der Waals surface area contributed by atoms with Gasteiger partial charge in [0.2, 0.25) is 0 Å². The van der Waals surface area contributed by atoms with Crippen LogP contribution in [0.1, 0.15) is 5.82 Å². The Balaban J connectivity index is 2.20. The Morgan fingerprint density at radius 2 is 2.05 bits per heavy atom. The predicted molar refractivity (Wildman–Crippen MR) is 70.6 cm³/mol. The summed E-state index contributed by atoms with van der Waals surface area (Å²) in [6.45, 7) is 1.91.